The predicted octanol–water partition coefficient (Wildman–Crippen LogP) is 3.11. The molecule has 28 heavy (non-hydrogen) atoms. The second kappa shape index (κ2) is 11.2. The quantitative estimate of drug-likeness (QED) is 0.615. The van der Waals surface area contributed by atoms with Crippen LogP contribution in [0.5, 0.6) is 11.5 Å². The highest BCUT2D eigenvalue weighted by Crippen LogP contribution is 2.27. The Bertz CT molecular complexity index is 792. The number of rotatable bonds is 10. The zero-order chi connectivity index (χ0) is 20.4. The molecule has 0 saturated carbocycles. The van der Waals surface area contributed by atoms with Crippen LogP contribution < -0.4 is 14.8 Å². The molecule has 0 aromatic heterocycles. The maximum atomic E-state index is 11.9. The van der Waals surface area contributed by atoms with E-state index in [1.807, 2.05) is 37.3 Å². The fourth-order valence-electron chi connectivity index (χ4n) is 2.37. The highest BCUT2D eigenvalue weighted by molar-refractivity contribution is 7.99. The third-order valence-corrected chi connectivity index (χ3v) is 4.89. The van der Waals surface area contributed by atoms with Gasteiger partial charge in [0.15, 0.2) is 18.1 Å². The number of nitrogens with one attached hydrogen (secondary N) is 1. The summed E-state index contributed by atoms with van der Waals surface area (Å²) in [6, 6.07) is 13.5. The van der Waals surface area contributed by atoms with Gasteiger partial charge in [-0.2, -0.15) is 0 Å². The number of hydrogen-bond acceptors (Lipinski definition) is 6. The fraction of sp³-hybridized carbons (Fsp3) is 0.333. The lowest BCUT2D eigenvalue weighted by Gasteiger charge is -2.10. The number of methoxy groups -OCH3 is 2. The Labute approximate surface area is 169 Å². The van der Waals surface area contributed by atoms with E-state index in [9.17, 15) is 9.59 Å². The second-order valence-electron chi connectivity index (χ2n) is 6.11. The fourth-order valence-corrected chi connectivity index (χ4v) is 3.15. The standard InChI is InChI=1S/C21H25NO5S/c1-15-4-6-16(7-5-15)13-28-14-21(24)27-12-20(23)22-11-17-8-9-18(25-2)19(10-17)26-3/h4-10H,11-14H2,1-3H3,(H,22,23). The van der Waals surface area contributed by atoms with Gasteiger partial charge < -0.3 is 19.5 Å². The number of hydrogen-bond donors (Lipinski definition) is 1. The van der Waals surface area contributed by atoms with Crippen LogP contribution in [0.25, 0.3) is 0 Å². The van der Waals surface area contributed by atoms with E-state index in [2.05, 4.69) is 5.32 Å². The Balaban J connectivity index is 1.66. The maximum absolute atomic E-state index is 11.9. The van der Waals surface area contributed by atoms with E-state index < -0.39 is 5.97 Å². The van der Waals surface area contributed by atoms with Crippen molar-refractivity contribution in [1.29, 1.82) is 0 Å². The van der Waals surface area contributed by atoms with Crippen LogP contribution in [-0.2, 0) is 26.6 Å². The average Bonchev–Trinajstić information content (AvgIpc) is 2.71. The van der Waals surface area contributed by atoms with Crippen LogP contribution in [0.2, 0.25) is 0 Å². The molecule has 0 aliphatic rings. The number of aryl methyl sites for hydroxylation is 1. The van der Waals surface area contributed by atoms with Gasteiger partial charge in [0.25, 0.3) is 5.91 Å². The van der Waals surface area contributed by atoms with Gasteiger partial charge in [0.05, 0.1) is 20.0 Å². The SMILES string of the molecule is COc1ccc(CNC(=O)COC(=O)CSCc2ccc(C)cc2)cc1OC. The number of benzene rings is 2. The van der Waals surface area contributed by atoms with Crippen LogP contribution >= 0.6 is 11.8 Å². The molecule has 0 aliphatic carbocycles. The molecule has 2 aromatic rings. The smallest absolute Gasteiger partial charge is 0.316 e. The Kier molecular flexibility index (Phi) is 8.68. The highest BCUT2D eigenvalue weighted by atomic mass is 32.2. The molecule has 1 N–H and O–H groups in total. The normalized spacial score (nSPS) is 10.2. The van der Waals surface area contributed by atoms with Crippen molar-refractivity contribution < 1.29 is 23.8 Å². The van der Waals surface area contributed by atoms with E-state index in [1.54, 1.807) is 26.4 Å². The van der Waals surface area contributed by atoms with Crippen LogP contribution in [0.1, 0.15) is 16.7 Å². The monoisotopic (exact) mass is 403 g/mol. The Morgan fingerprint density at radius 3 is 2.32 bits per heavy atom. The third kappa shape index (κ3) is 7.15. The lowest BCUT2D eigenvalue weighted by atomic mass is 10.2. The van der Waals surface area contributed by atoms with E-state index in [0.717, 1.165) is 16.9 Å². The summed E-state index contributed by atoms with van der Waals surface area (Å²) in [5.74, 6) is 1.38. The summed E-state index contributed by atoms with van der Waals surface area (Å²) in [5.41, 5.74) is 3.20. The molecular weight excluding hydrogens is 378 g/mol. The molecule has 0 bridgehead atoms. The van der Waals surface area contributed by atoms with E-state index in [1.165, 1.54) is 17.3 Å². The van der Waals surface area contributed by atoms with Crippen molar-refractivity contribution in [3.05, 3.63) is 59.2 Å². The van der Waals surface area contributed by atoms with Gasteiger partial charge in [-0.1, -0.05) is 35.9 Å². The Morgan fingerprint density at radius 1 is 0.964 bits per heavy atom. The highest BCUT2D eigenvalue weighted by Gasteiger charge is 2.09. The van der Waals surface area contributed by atoms with Crippen LogP contribution in [0.15, 0.2) is 42.5 Å². The van der Waals surface area contributed by atoms with Crippen LogP contribution in [0, 0.1) is 6.92 Å². The zero-order valence-electron chi connectivity index (χ0n) is 16.3. The summed E-state index contributed by atoms with van der Waals surface area (Å²) in [4.78, 5) is 23.6. The number of carbonyl (C=O) groups excluding carboxylic acids is 2. The maximum Gasteiger partial charge on any atom is 0.316 e. The summed E-state index contributed by atoms with van der Waals surface area (Å²) >= 11 is 1.46. The molecule has 7 heteroatoms. The van der Waals surface area contributed by atoms with Crippen LogP contribution in [0.4, 0.5) is 0 Å². The van der Waals surface area contributed by atoms with Crippen LogP contribution in [-0.4, -0.2) is 38.5 Å². The molecule has 2 aromatic carbocycles. The van der Waals surface area contributed by atoms with Crippen molar-refractivity contribution in [3.63, 3.8) is 0 Å². The summed E-state index contributed by atoms with van der Waals surface area (Å²) in [6.45, 7) is 2.04. The molecule has 2 rings (SSSR count). The summed E-state index contributed by atoms with van der Waals surface area (Å²) in [6.07, 6.45) is 0. The van der Waals surface area contributed by atoms with E-state index in [4.69, 9.17) is 14.2 Å². The first-order chi connectivity index (χ1) is 13.5. The van der Waals surface area contributed by atoms with Gasteiger partial charge >= 0.3 is 5.97 Å². The number of esters is 1. The molecule has 0 fully saturated rings. The molecule has 0 spiro atoms. The van der Waals surface area contributed by atoms with Crippen molar-refractivity contribution in [2.24, 2.45) is 0 Å². The minimum Gasteiger partial charge on any atom is -0.493 e. The van der Waals surface area contributed by atoms with Crippen molar-refractivity contribution in [3.8, 4) is 11.5 Å². The zero-order valence-corrected chi connectivity index (χ0v) is 17.1. The first-order valence-electron chi connectivity index (χ1n) is 8.78. The summed E-state index contributed by atoms with van der Waals surface area (Å²) in [5, 5.41) is 2.71. The molecular formula is C21H25NO5S. The molecule has 6 nitrogen and oxygen atoms in total. The molecule has 0 aliphatic heterocycles. The molecule has 0 heterocycles. The molecule has 0 atom stereocenters. The van der Waals surface area contributed by atoms with Gasteiger partial charge in [-0.3, -0.25) is 9.59 Å². The van der Waals surface area contributed by atoms with E-state index >= 15 is 0 Å². The lowest BCUT2D eigenvalue weighted by Crippen LogP contribution is -2.28. The third-order valence-electron chi connectivity index (χ3n) is 3.91. The van der Waals surface area contributed by atoms with Crippen molar-refractivity contribution in [2.45, 2.75) is 19.2 Å². The average molecular weight is 404 g/mol. The molecule has 0 saturated heterocycles. The van der Waals surface area contributed by atoms with Crippen molar-refractivity contribution in [2.75, 3.05) is 26.6 Å². The predicted molar refractivity (Wildman–Crippen MR) is 110 cm³/mol. The van der Waals surface area contributed by atoms with Gasteiger partial charge in [-0.15, -0.1) is 11.8 Å². The first kappa shape index (κ1) is 21.6. The molecule has 150 valence electrons. The largest absolute Gasteiger partial charge is 0.493 e. The van der Waals surface area contributed by atoms with Crippen LogP contribution in [0.3, 0.4) is 0 Å². The minimum atomic E-state index is -0.404. The lowest BCUT2D eigenvalue weighted by molar-refractivity contribution is -0.145. The minimum absolute atomic E-state index is 0.205. The first-order valence-corrected chi connectivity index (χ1v) is 9.94. The number of ether oxygens (including phenoxy) is 3. The Hall–Kier alpha value is -2.67. The number of thioether (sulfide) groups is 1. The van der Waals surface area contributed by atoms with Crippen molar-refractivity contribution in [1.82, 2.24) is 5.32 Å². The van der Waals surface area contributed by atoms with Gasteiger partial charge in [0, 0.05) is 12.3 Å². The Morgan fingerprint density at radius 2 is 1.64 bits per heavy atom. The van der Waals surface area contributed by atoms with Crippen molar-refractivity contribution >= 4 is 23.6 Å². The van der Waals surface area contributed by atoms with E-state index in [0.29, 0.717) is 18.0 Å². The van der Waals surface area contributed by atoms with Gasteiger partial charge in [0.1, 0.15) is 0 Å². The second-order valence-corrected chi connectivity index (χ2v) is 7.09. The molecule has 1 amide bonds. The summed E-state index contributed by atoms with van der Waals surface area (Å²) in [7, 11) is 3.11. The van der Waals surface area contributed by atoms with Gasteiger partial charge in [0.2, 0.25) is 0 Å². The summed E-state index contributed by atoms with van der Waals surface area (Å²) < 4.78 is 15.4. The van der Waals surface area contributed by atoms with Gasteiger partial charge in [-0.25, -0.2) is 0 Å². The number of carbonyl (C=O) groups is 2. The van der Waals surface area contributed by atoms with E-state index in [-0.39, 0.29) is 18.3 Å². The molecule has 0 unspecified atom stereocenters. The topological polar surface area (TPSA) is 73.9 Å². The number of amides is 1. The van der Waals surface area contributed by atoms with Gasteiger partial charge in [-0.05, 0) is 30.2 Å². The molecule has 0 radical (unpaired) electrons.